The summed E-state index contributed by atoms with van der Waals surface area (Å²) in [5.41, 5.74) is 2.67. The molecule has 4 heterocycles. The largest absolute Gasteiger partial charge is 0.416 e. The maximum absolute atomic E-state index is 12.9. The van der Waals surface area contributed by atoms with Gasteiger partial charge in [0, 0.05) is 37.6 Å². The average molecular weight is 474 g/mol. The van der Waals surface area contributed by atoms with Crippen LogP contribution in [-0.4, -0.2) is 38.7 Å². The Bertz CT molecular complexity index is 1210. The van der Waals surface area contributed by atoms with Gasteiger partial charge in [-0.2, -0.15) is 18.3 Å². The highest BCUT2D eigenvalue weighted by Crippen LogP contribution is 2.36. The van der Waals surface area contributed by atoms with Crippen molar-refractivity contribution in [2.75, 3.05) is 22.6 Å². The van der Waals surface area contributed by atoms with E-state index in [-0.39, 0.29) is 30.1 Å². The van der Waals surface area contributed by atoms with Crippen molar-refractivity contribution in [3.8, 4) is 0 Å². The van der Waals surface area contributed by atoms with Gasteiger partial charge < -0.3 is 15.5 Å². The van der Waals surface area contributed by atoms with Gasteiger partial charge in [0.2, 0.25) is 5.91 Å². The first-order chi connectivity index (χ1) is 16.0. The van der Waals surface area contributed by atoms with Crippen molar-refractivity contribution in [1.82, 2.24) is 19.7 Å². The third kappa shape index (κ3) is 4.82. The molecule has 1 amide bonds. The molecule has 2 N–H and O–H groups in total. The number of likely N-dealkylation sites (N-methyl/N-ethyl adjacent to an activating group) is 1. The van der Waals surface area contributed by atoms with Gasteiger partial charge in [-0.25, -0.2) is 4.98 Å². The van der Waals surface area contributed by atoms with Gasteiger partial charge in [-0.1, -0.05) is 13.8 Å². The Hall–Kier alpha value is -3.63. The zero-order chi connectivity index (χ0) is 24.6. The molecule has 3 aromatic heterocycles. The number of fused-ring (bicyclic) bond motifs is 1. The molecule has 0 saturated carbocycles. The van der Waals surface area contributed by atoms with Crippen LogP contribution in [0.4, 0.5) is 30.4 Å². The molecule has 0 aliphatic carbocycles. The molecule has 0 aromatic carbocycles. The average Bonchev–Trinajstić information content (AvgIpc) is 3.20. The first-order valence-electron chi connectivity index (χ1n) is 10.9. The van der Waals surface area contributed by atoms with E-state index in [9.17, 15) is 18.0 Å². The van der Waals surface area contributed by atoms with Crippen molar-refractivity contribution in [2.45, 2.75) is 46.1 Å². The van der Waals surface area contributed by atoms with E-state index in [4.69, 9.17) is 0 Å². The van der Waals surface area contributed by atoms with Crippen LogP contribution in [0.25, 0.3) is 0 Å². The number of pyridine rings is 2. The second kappa shape index (κ2) is 8.96. The summed E-state index contributed by atoms with van der Waals surface area (Å²) in [5.74, 6) is 0.743. The molecule has 1 aliphatic rings. The second-order valence-corrected chi connectivity index (χ2v) is 8.71. The SMILES string of the molecule is Cc1nc(NCc2cnn(Cc3cc(C(F)(F)F)ccn3)c2)cc2c1NC(=O)[C@H](C(C)C)N2C. The fourth-order valence-electron chi connectivity index (χ4n) is 4.14. The summed E-state index contributed by atoms with van der Waals surface area (Å²) >= 11 is 0. The fraction of sp³-hybridized carbons (Fsp3) is 0.391. The zero-order valence-electron chi connectivity index (χ0n) is 19.3. The monoisotopic (exact) mass is 473 g/mol. The molecule has 1 atom stereocenters. The molecule has 0 unspecified atom stereocenters. The Morgan fingerprint density at radius 3 is 2.74 bits per heavy atom. The summed E-state index contributed by atoms with van der Waals surface area (Å²) in [5, 5.41) is 10.5. The number of anilines is 3. The standard InChI is InChI=1S/C23H26F3N7O/c1-13(2)21-22(34)31-20-14(3)30-19(8-18(20)32(21)4)28-9-15-10-29-33(11-15)12-17-7-16(5-6-27-17)23(24,25)26/h5-8,10-11,13,21H,9,12H2,1-4H3,(H,28,30)(H,31,34)/t21-/m0/s1. The summed E-state index contributed by atoms with van der Waals surface area (Å²) in [6, 6.07) is 3.60. The number of aromatic nitrogens is 4. The molecular weight excluding hydrogens is 447 g/mol. The van der Waals surface area contributed by atoms with E-state index in [1.807, 2.05) is 38.8 Å². The molecule has 3 aromatic rings. The number of halogens is 3. The number of nitrogens with one attached hydrogen (secondary N) is 2. The van der Waals surface area contributed by atoms with E-state index in [1.165, 1.54) is 0 Å². The molecular formula is C23H26F3N7O. The Morgan fingerprint density at radius 1 is 1.26 bits per heavy atom. The van der Waals surface area contributed by atoms with Crippen molar-refractivity contribution >= 4 is 23.1 Å². The number of amides is 1. The van der Waals surface area contributed by atoms with Gasteiger partial charge >= 0.3 is 6.18 Å². The Morgan fingerprint density at radius 2 is 2.03 bits per heavy atom. The minimum absolute atomic E-state index is 0.0433. The summed E-state index contributed by atoms with van der Waals surface area (Å²) in [4.78, 5) is 23.0. The van der Waals surface area contributed by atoms with Gasteiger partial charge in [0.1, 0.15) is 11.9 Å². The van der Waals surface area contributed by atoms with E-state index in [0.29, 0.717) is 23.7 Å². The number of rotatable bonds is 6. The molecule has 0 radical (unpaired) electrons. The Labute approximate surface area is 195 Å². The third-order valence-electron chi connectivity index (χ3n) is 5.75. The van der Waals surface area contributed by atoms with Crippen LogP contribution < -0.4 is 15.5 Å². The van der Waals surface area contributed by atoms with Crippen LogP contribution in [0.2, 0.25) is 0 Å². The molecule has 180 valence electrons. The van der Waals surface area contributed by atoms with Crippen LogP contribution in [0.3, 0.4) is 0 Å². The molecule has 34 heavy (non-hydrogen) atoms. The van der Waals surface area contributed by atoms with Crippen LogP contribution in [-0.2, 0) is 24.1 Å². The van der Waals surface area contributed by atoms with Crippen molar-refractivity contribution in [1.29, 1.82) is 0 Å². The predicted octanol–water partition coefficient (Wildman–Crippen LogP) is 4.07. The van der Waals surface area contributed by atoms with Crippen LogP contribution in [0, 0.1) is 12.8 Å². The van der Waals surface area contributed by atoms with Crippen molar-refractivity contribution in [2.24, 2.45) is 5.92 Å². The Balaban J connectivity index is 1.45. The lowest BCUT2D eigenvalue weighted by atomic mass is 9.98. The number of hydrogen-bond donors (Lipinski definition) is 2. The van der Waals surface area contributed by atoms with E-state index < -0.39 is 11.7 Å². The van der Waals surface area contributed by atoms with Crippen LogP contribution in [0.5, 0.6) is 0 Å². The van der Waals surface area contributed by atoms with Crippen LogP contribution in [0.1, 0.15) is 36.4 Å². The summed E-state index contributed by atoms with van der Waals surface area (Å²) in [7, 11) is 1.90. The topological polar surface area (TPSA) is 88.0 Å². The van der Waals surface area contributed by atoms with Crippen molar-refractivity contribution < 1.29 is 18.0 Å². The number of aryl methyl sites for hydroxylation is 1. The summed E-state index contributed by atoms with van der Waals surface area (Å²) in [6.45, 7) is 6.40. The molecule has 1 aliphatic heterocycles. The highest BCUT2D eigenvalue weighted by molar-refractivity contribution is 6.04. The number of carbonyl (C=O) groups is 1. The van der Waals surface area contributed by atoms with Gasteiger partial charge in [-0.3, -0.25) is 14.5 Å². The van der Waals surface area contributed by atoms with Crippen molar-refractivity contribution in [3.63, 3.8) is 0 Å². The smallest absolute Gasteiger partial charge is 0.366 e. The first kappa shape index (κ1) is 23.5. The number of carbonyl (C=O) groups excluding carboxylic acids is 1. The van der Waals surface area contributed by atoms with Crippen LogP contribution in [0.15, 0.2) is 36.8 Å². The number of hydrogen-bond acceptors (Lipinski definition) is 6. The Kier molecular flexibility index (Phi) is 6.20. The molecule has 0 spiro atoms. The summed E-state index contributed by atoms with van der Waals surface area (Å²) < 4.78 is 40.3. The van der Waals surface area contributed by atoms with Gasteiger partial charge in [0.25, 0.3) is 0 Å². The van der Waals surface area contributed by atoms with E-state index >= 15 is 0 Å². The molecule has 0 fully saturated rings. The van der Waals surface area contributed by atoms with E-state index in [0.717, 1.165) is 29.6 Å². The quantitative estimate of drug-likeness (QED) is 0.561. The normalized spacial score (nSPS) is 15.9. The van der Waals surface area contributed by atoms with Gasteiger partial charge in [0.15, 0.2) is 0 Å². The van der Waals surface area contributed by atoms with Gasteiger partial charge in [0.05, 0.1) is 41.1 Å². The molecule has 0 bridgehead atoms. The van der Waals surface area contributed by atoms with Crippen molar-refractivity contribution in [3.05, 3.63) is 59.3 Å². The third-order valence-corrected chi connectivity index (χ3v) is 5.75. The number of nitrogens with zero attached hydrogens (tertiary/aromatic N) is 5. The maximum atomic E-state index is 12.9. The number of alkyl halides is 3. The highest BCUT2D eigenvalue weighted by Gasteiger charge is 2.34. The highest BCUT2D eigenvalue weighted by atomic mass is 19.4. The second-order valence-electron chi connectivity index (χ2n) is 8.71. The van der Waals surface area contributed by atoms with Crippen LogP contribution >= 0.6 is 0 Å². The lowest BCUT2D eigenvalue weighted by Crippen LogP contribution is -2.49. The minimum atomic E-state index is -4.41. The van der Waals surface area contributed by atoms with E-state index in [1.54, 1.807) is 17.1 Å². The molecule has 11 heteroatoms. The lowest BCUT2D eigenvalue weighted by Gasteiger charge is -2.38. The molecule has 0 saturated heterocycles. The van der Waals surface area contributed by atoms with E-state index in [2.05, 4.69) is 25.7 Å². The predicted molar refractivity (Wildman–Crippen MR) is 123 cm³/mol. The molecule has 8 nitrogen and oxygen atoms in total. The first-order valence-corrected chi connectivity index (χ1v) is 10.9. The lowest BCUT2D eigenvalue weighted by molar-refractivity contribution is -0.137. The fourth-order valence-corrected chi connectivity index (χ4v) is 4.14. The molecule has 4 rings (SSSR count). The van der Waals surface area contributed by atoms with Gasteiger partial charge in [-0.15, -0.1) is 0 Å². The zero-order valence-corrected chi connectivity index (χ0v) is 19.3. The summed E-state index contributed by atoms with van der Waals surface area (Å²) in [6.07, 6.45) is 0.134. The minimum Gasteiger partial charge on any atom is -0.366 e. The maximum Gasteiger partial charge on any atom is 0.416 e. The van der Waals surface area contributed by atoms with Gasteiger partial charge in [-0.05, 0) is 25.0 Å².